The smallest absolute Gasteiger partial charge is 0.235 e. The zero-order valence-corrected chi connectivity index (χ0v) is 15.5. The second-order valence-corrected chi connectivity index (χ2v) is 7.28. The molecule has 0 N–H and O–H groups in total. The highest BCUT2D eigenvalue weighted by molar-refractivity contribution is 9.10. The molecule has 7 nitrogen and oxygen atoms in total. The molecule has 9 heteroatoms. The van der Waals surface area contributed by atoms with Crippen LogP contribution in [-0.4, -0.2) is 34.6 Å². The van der Waals surface area contributed by atoms with E-state index in [4.69, 9.17) is 5.10 Å². The fourth-order valence-corrected chi connectivity index (χ4v) is 3.78. The van der Waals surface area contributed by atoms with E-state index < -0.39 is 0 Å². The summed E-state index contributed by atoms with van der Waals surface area (Å²) >= 11 is 4.94. The van der Waals surface area contributed by atoms with Crippen LogP contribution in [0.1, 0.15) is 19.0 Å². The second kappa shape index (κ2) is 6.06. The molecule has 0 bridgehead atoms. The lowest BCUT2D eigenvalue weighted by Gasteiger charge is -1.97. The van der Waals surface area contributed by atoms with Crippen molar-refractivity contribution in [3.8, 4) is 22.0 Å². The summed E-state index contributed by atoms with van der Waals surface area (Å²) in [6.45, 7) is 5.04. The molecule has 4 aromatic heterocycles. The molecular weight excluding hydrogens is 390 g/mol. The van der Waals surface area contributed by atoms with Crippen molar-refractivity contribution in [3.63, 3.8) is 0 Å². The van der Waals surface area contributed by atoms with Crippen LogP contribution in [0.3, 0.4) is 0 Å². The van der Waals surface area contributed by atoms with Crippen molar-refractivity contribution in [3.05, 3.63) is 34.8 Å². The Morgan fingerprint density at radius 2 is 2.08 bits per heavy atom. The van der Waals surface area contributed by atoms with E-state index >= 15 is 0 Å². The molecule has 0 radical (unpaired) electrons. The number of aryl methyl sites for hydroxylation is 2. The Bertz CT molecular complexity index is 1020. The van der Waals surface area contributed by atoms with Crippen LogP contribution in [0.2, 0.25) is 0 Å². The molecule has 0 spiro atoms. The molecule has 0 fully saturated rings. The van der Waals surface area contributed by atoms with Gasteiger partial charge < -0.3 is 0 Å². The van der Waals surface area contributed by atoms with Crippen LogP contribution >= 0.6 is 27.3 Å². The zero-order chi connectivity index (χ0) is 16.7. The molecule has 0 saturated carbocycles. The van der Waals surface area contributed by atoms with Crippen LogP contribution in [0.4, 0.5) is 0 Å². The molecule has 0 aliphatic rings. The summed E-state index contributed by atoms with van der Waals surface area (Å²) in [6, 6.07) is 1.95. The SMILES string of the molecule is CCCn1cc(-c2nn3c(-c4cncc(Br)c4)nnc3s2)c(C)n1. The third-order valence-corrected chi connectivity index (χ3v) is 4.95. The van der Waals surface area contributed by atoms with E-state index in [1.54, 1.807) is 16.9 Å². The van der Waals surface area contributed by atoms with Crippen LogP contribution in [0, 0.1) is 6.92 Å². The number of halogens is 1. The Kier molecular flexibility index (Phi) is 3.89. The van der Waals surface area contributed by atoms with E-state index in [2.05, 4.69) is 43.1 Å². The van der Waals surface area contributed by atoms with E-state index in [1.807, 2.05) is 23.9 Å². The van der Waals surface area contributed by atoms with Gasteiger partial charge in [-0.2, -0.15) is 14.7 Å². The molecule has 0 amide bonds. The van der Waals surface area contributed by atoms with Gasteiger partial charge in [-0.3, -0.25) is 9.67 Å². The number of rotatable bonds is 4. The van der Waals surface area contributed by atoms with Gasteiger partial charge in [-0.1, -0.05) is 18.3 Å². The van der Waals surface area contributed by atoms with Crippen molar-refractivity contribution < 1.29 is 0 Å². The lowest BCUT2D eigenvalue weighted by molar-refractivity contribution is 0.598. The maximum absolute atomic E-state index is 4.70. The lowest BCUT2D eigenvalue weighted by Crippen LogP contribution is -1.96. The van der Waals surface area contributed by atoms with Gasteiger partial charge in [0, 0.05) is 35.2 Å². The van der Waals surface area contributed by atoms with Gasteiger partial charge in [0.25, 0.3) is 0 Å². The fourth-order valence-electron chi connectivity index (χ4n) is 2.51. The Hall–Kier alpha value is -2.13. The van der Waals surface area contributed by atoms with Crippen LogP contribution in [0.15, 0.2) is 29.1 Å². The first-order chi connectivity index (χ1) is 11.7. The van der Waals surface area contributed by atoms with Gasteiger partial charge >= 0.3 is 0 Å². The maximum Gasteiger partial charge on any atom is 0.235 e. The van der Waals surface area contributed by atoms with Gasteiger partial charge in [0.1, 0.15) is 0 Å². The average molecular weight is 404 g/mol. The Labute approximate surface area is 150 Å². The molecular formula is C15H14BrN7S. The molecule has 0 aromatic carbocycles. The first kappa shape index (κ1) is 15.4. The van der Waals surface area contributed by atoms with E-state index in [9.17, 15) is 0 Å². The van der Waals surface area contributed by atoms with E-state index in [1.165, 1.54) is 11.3 Å². The highest BCUT2D eigenvalue weighted by atomic mass is 79.9. The van der Waals surface area contributed by atoms with Crippen LogP contribution in [-0.2, 0) is 6.54 Å². The first-order valence-corrected chi connectivity index (χ1v) is 9.14. The third-order valence-electron chi connectivity index (χ3n) is 3.58. The van der Waals surface area contributed by atoms with Crippen molar-refractivity contribution in [2.45, 2.75) is 26.8 Å². The Morgan fingerprint density at radius 3 is 2.88 bits per heavy atom. The predicted octanol–water partition coefficient (Wildman–Crippen LogP) is 3.59. The van der Waals surface area contributed by atoms with Gasteiger partial charge in [0.15, 0.2) is 10.8 Å². The molecule has 0 saturated heterocycles. The van der Waals surface area contributed by atoms with Gasteiger partial charge in [-0.25, -0.2) is 0 Å². The summed E-state index contributed by atoms with van der Waals surface area (Å²) < 4.78 is 4.62. The normalized spacial score (nSPS) is 11.5. The quantitative estimate of drug-likeness (QED) is 0.520. The van der Waals surface area contributed by atoms with Crippen LogP contribution < -0.4 is 0 Å². The van der Waals surface area contributed by atoms with Crippen molar-refractivity contribution in [2.24, 2.45) is 0 Å². The largest absolute Gasteiger partial charge is 0.272 e. The average Bonchev–Trinajstić information content (AvgIpc) is 3.21. The number of pyridine rings is 1. The molecule has 0 aliphatic carbocycles. The van der Waals surface area contributed by atoms with Crippen molar-refractivity contribution in [1.29, 1.82) is 0 Å². The minimum Gasteiger partial charge on any atom is -0.272 e. The number of aromatic nitrogens is 7. The molecule has 0 atom stereocenters. The topological polar surface area (TPSA) is 73.8 Å². The maximum atomic E-state index is 4.70. The van der Waals surface area contributed by atoms with Crippen LogP contribution in [0.5, 0.6) is 0 Å². The molecule has 4 rings (SSSR count). The number of hydrogen-bond donors (Lipinski definition) is 0. The standard InChI is InChI=1S/C15H14BrN7S/c1-3-4-22-8-12(9(2)20-22)14-21-23-13(18-19-15(23)24-14)10-5-11(16)7-17-6-10/h5-8H,3-4H2,1-2H3. The van der Waals surface area contributed by atoms with Crippen molar-refractivity contribution in [2.75, 3.05) is 0 Å². The summed E-state index contributed by atoms with van der Waals surface area (Å²) in [5.41, 5.74) is 2.88. The minimum absolute atomic E-state index is 0.680. The summed E-state index contributed by atoms with van der Waals surface area (Å²) in [5, 5.41) is 18.6. The van der Waals surface area contributed by atoms with Crippen molar-refractivity contribution >= 4 is 32.2 Å². The van der Waals surface area contributed by atoms with E-state index in [-0.39, 0.29) is 0 Å². The van der Waals surface area contributed by atoms with E-state index in [0.717, 1.165) is 44.2 Å². The van der Waals surface area contributed by atoms with Gasteiger partial charge in [-0.05, 0) is 35.3 Å². The second-order valence-electron chi connectivity index (χ2n) is 5.41. The highest BCUT2D eigenvalue weighted by Gasteiger charge is 2.17. The van der Waals surface area contributed by atoms with E-state index in [0.29, 0.717) is 5.82 Å². The molecule has 4 aromatic rings. The fraction of sp³-hybridized carbons (Fsp3) is 0.267. The Morgan fingerprint density at radius 1 is 1.21 bits per heavy atom. The summed E-state index contributed by atoms with van der Waals surface area (Å²) in [6.07, 6.45) is 6.58. The van der Waals surface area contributed by atoms with Crippen LogP contribution in [0.25, 0.3) is 26.9 Å². The van der Waals surface area contributed by atoms with Gasteiger partial charge in [-0.15, -0.1) is 10.2 Å². The van der Waals surface area contributed by atoms with Crippen molar-refractivity contribution in [1.82, 2.24) is 34.6 Å². The Balaban J connectivity index is 1.80. The lowest BCUT2D eigenvalue weighted by atomic mass is 10.3. The zero-order valence-electron chi connectivity index (χ0n) is 13.1. The summed E-state index contributed by atoms with van der Waals surface area (Å²) in [7, 11) is 0. The number of hydrogen-bond acceptors (Lipinski definition) is 6. The first-order valence-electron chi connectivity index (χ1n) is 7.53. The van der Waals surface area contributed by atoms with Gasteiger partial charge in [0.05, 0.1) is 11.3 Å². The molecule has 4 heterocycles. The summed E-state index contributed by atoms with van der Waals surface area (Å²) in [5.74, 6) is 0.680. The molecule has 0 unspecified atom stereocenters. The monoisotopic (exact) mass is 403 g/mol. The highest BCUT2D eigenvalue weighted by Crippen LogP contribution is 2.30. The molecule has 122 valence electrons. The molecule has 0 aliphatic heterocycles. The predicted molar refractivity (Wildman–Crippen MR) is 95.8 cm³/mol. The van der Waals surface area contributed by atoms with Gasteiger partial charge in [0.2, 0.25) is 4.96 Å². The number of fused-ring (bicyclic) bond motifs is 1. The molecule has 24 heavy (non-hydrogen) atoms. The summed E-state index contributed by atoms with van der Waals surface area (Å²) in [4.78, 5) is 4.94. The number of nitrogens with zero attached hydrogens (tertiary/aromatic N) is 7. The third kappa shape index (κ3) is 2.63. The minimum atomic E-state index is 0.680.